The smallest absolute Gasteiger partial charge is 0.400 e. The minimum atomic E-state index is -4.30. The molecular weight excluding hydrogens is 183 g/mol. The molecule has 0 saturated heterocycles. The molecule has 0 aromatic heterocycles. The highest BCUT2D eigenvalue weighted by atomic mass is 19.4. The Morgan fingerprint density at radius 3 is 2.08 bits per heavy atom. The van der Waals surface area contributed by atoms with E-state index in [4.69, 9.17) is 10.8 Å². The van der Waals surface area contributed by atoms with Crippen LogP contribution in [0.3, 0.4) is 0 Å². The topological polar surface area (TPSA) is 46.2 Å². The minimum Gasteiger partial charge on any atom is -0.400 e. The third-order valence-electron chi connectivity index (χ3n) is 1.21. The maximum absolute atomic E-state index is 11.9. The number of nitrogens with two attached hydrogens (primary N) is 1. The van der Waals surface area contributed by atoms with Crippen LogP contribution in [0.5, 0.6) is 0 Å². The van der Waals surface area contributed by atoms with Gasteiger partial charge in [-0.2, -0.15) is 13.2 Å². The summed E-state index contributed by atoms with van der Waals surface area (Å²) < 4.78 is 35.7. The molecule has 0 aliphatic carbocycles. The van der Waals surface area contributed by atoms with Gasteiger partial charge in [-0.15, -0.1) is 0 Å². The SMILES string of the molecule is CO.Nc1cccc(C(F)(F)F)c1. The van der Waals surface area contributed by atoms with Gasteiger partial charge in [0.1, 0.15) is 0 Å². The summed E-state index contributed by atoms with van der Waals surface area (Å²) in [6, 6.07) is 4.57. The lowest BCUT2D eigenvalue weighted by atomic mass is 10.2. The van der Waals surface area contributed by atoms with Crippen LogP contribution in [0.1, 0.15) is 5.56 Å². The van der Waals surface area contributed by atoms with Crippen LogP contribution in [0.25, 0.3) is 0 Å². The highest BCUT2D eigenvalue weighted by molar-refractivity contribution is 5.41. The molecule has 0 unspecified atom stereocenters. The number of alkyl halides is 3. The van der Waals surface area contributed by atoms with E-state index in [0.717, 1.165) is 19.2 Å². The molecule has 0 amide bonds. The van der Waals surface area contributed by atoms with Gasteiger partial charge in [0.25, 0.3) is 0 Å². The van der Waals surface area contributed by atoms with Gasteiger partial charge in [-0.1, -0.05) is 6.07 Å². The zero-order valence-electron chi connectivity index (χ0n) is 6.97. The van der Waals surface area contributed by atoms with Crippen LogP contribution in [0.2, 0.25) is 0 Å². The van der Waals surface area contributed by atoms with Gasteiger partial charge in [0.2, 0.25) is 0 Å². The maximum Gasteiger partial charge on any atom is 0.416 e. The van der Waals surface area contributed by atoms with Crippen LogP contribution in [0, 0.1) is 0 Å². The lowest BCUT2D eigenvalue weighted by molar-refractivity contribution is -0.137. The molecule has 3 N–H and O–H groups in total. The van der Waals surface area contributed by atoms with Crippen LogP contribution in [-0.4, -0.2) is 12.2 Å². The molecule has 0 bridgehead atoms. The number of hydrogen-bond donors (Lipinski definition) is 2. The quantitative estimate of drug-likeness (QED) is 0.618. The van der Waals surface area contributed by atoms with E-state index >= 15 is 0 Å². The molecule has 0 atom stereocenters. The van der Waals surface area contributed by atoms with E-state index in [2.05, 4.69) is 0 Å². The van der Waals surface area contributed by atoms with Crippen LogP contribution in [0.15, 0.2) is 24.3 Å². The third kappa shape index (κ3) is 3.80. The molecule has 0 aliphatic rings. The van der Waals surface area contributed by atoms with Gasteiger partial charge in [0, 0.05) is 12.8 Å². The molecule has 1 aromatic carbocycles. The number of benzene rings is 1. The fourth-order valence-corrected chi connectivity index (χ4v) is 0.715. The van der Waals surface area contributed by atoms with Gasteiger partial charge >= 0.3 is 6.18 Å². The van der Waals surface area contributed by atoms with E-state index in [9.17, 15) is 13.2 Å². The minimum absolute atomic E-state index is 0.125. The maximum atomic E-state index is 11.9. The number of hydrogen-bond acceptors (Lipinski definition) is 2. The van der Waals surface area contributed by atoms with E-state index in [1.807, 2.05) is 0 Å². The van der Waals surface area contributed by atoms with Crippen LogP contribution in [0.4, 0.5) is 18.9 Å². The summed E-state index contributed by atoms with van der Waals surface area (Å²) in [4.78, 5) is 0. The van der Waals surface area contributed by atoms with Crippen molar-refractivity contribution in [2.24, 2.45) is 0 Å². The zero-order valence-corrected chi connectivity index (χ0v) is 6.97. The van der Waals surface area contributed by atoms with Crippen molar-refractivity contribution in [1.29, 1.82) is 0 Å². The molecule has 0 aliphatic heterocycles. The highest BCUT2D eigenvalue weighted by Gasteiger charge is 2.30. The van der Waals surface area contributed by atoms with Gasteiger partial charge in [0.05, 0.1) is 5.56 Å². The molecular formula is C8H10F3NO. The number of anilines is 1. The van der Waals surface area contributed by atoms with Crippen molar-refractivity contribution >= 4 is 5.69 Å². The van der Waals surface area contributed by atoms with Crippen molar-refractivity contribution in [3.8, 4) is 0 Å². The molecule has 0 radical (unpaired) electrons. The van der Waals surface area contributed by atoms with E-state index in [1.165, 1.54) is 12.1 Å². The van der Waals surface area contributed by atoms with Crippen molar-refractivity contribution in [2.45, 2.75) is 6.18 Å². The fourth-order valence-electron chi connectivity index (χ4n) is 0.715. The Bertz CT molecular complexity index is 260. The van der Waals surface area contributed by atoms with Gasteiger partial charge < -0.3 is 10.8 Å². The number of aliphatic hydroxyl groups is 1. The van der Waals surface area contributed by atoms with Gasteiger partial charge in [-0.25, -0.2) is 0 Å². The lowest BCUT2D eigenvalue weighted by Gasteiger charge is -2.05. The first-order valence-corrected chi connectivity index (χ1v) is 3.37. The fraction of sp³-hybridized carbons (Fsp3) is 0.250. The Labute approximate surface area is 73.8 Å². The predicted octanol–water partition coefficient (Wildman–Crippen LogP) is 1.90. The summed E-state index contributed by atoms with van der Waals surface area (Å²) in [5, 5.41) is 7.00. The van der Waals surface area contributed by atoms with Crippen molar-refractivity contribution in [2.75, 3.05) is 12.8 Å². The summed E-state index contributed by atoms with van der Waals surface area (Å²) in [6.45, 7) is 0. The van der Waals surface area contributed by atoms with E-state index < -0.39 is 11.7 Å². The molecule has 5 heteroatoms. The Hall–Kier alpha value is -1.23. The molecule has 1 aromatic rings. The molecule has 0 heterocycles. The highest BCUT2D eigenvalue weighted by Crippen LogP contribution is 2.29. The van der Waals surface area contributed by atoms with Crippen LogP contribution in [-0.2, 0) is 6.18 Å². The normalized spacial score (nSPS) is 10.2. The van der Waals surface area contributed by atoms with Gasteiger partial charge in [-0.05, 0) is 18.2 Å². The molecule has 1 rings (SSSR count). The first-order valence-electron chi connectivity index (χ1n) is 3.37. The van der Waals surface area contributed by atoms with Crippen molar-refractivity contribution in [1.82, 2.24) is 0 Å². The first-order chi connectivity index (χ1) is 6.00. The average molecular weight is 193 g/mol. The Morgan fingerprint density at radius 1 is 1.23 bits per heavy atom. The first kappa shape index (κ1) is 11.8. The van der Waals surface area contributed by atoms with Crippen LogP contribution < -0.4 is 5.73 Å². The summed E-state index contributed by atoms with van der Waals surface area (Å²) in [7, 11) is 1.00. The molecule has 0 saturated carbocycles. The molecule has 0 spiro atoms. The number of rotatable bonds is 0. The molecule has 2 nitrogen and oxygen atoms in total. The second kappa shape index (κ2) is 4.71. The van der Waals surface area contributed by atoms with Crippen LogP contribution >= 0.6 is 0 Å². The standard InChI is InChI=1S/C7H6F3N.CH4O/c8-7(9,10)5-2-1-3-6(11)4-5;1-2/h1-4H,11H2;2H,1H3. The molecule has 0 fully saturated rings. The Kier molecular flexibility index (Phi) is 4.27. The summed E-state index contributed by atoms with van der Waals surface area (Å²) in [6.07, 6.45) is -4.30. The Balaban J connectivity index is 0.000000671. The number of halogens is 3. The summed E-state index contributed by atoms with van der Waals surface area (Å²) in [5.74, 6) is 0. The van der Waals surface area contributed by atoms with E-state index in [-0.39, 0.29) is 5.69 Å². The average Bonchev–Trinajstić information content (AvgIpc) is 2.06. The van der Waals surface area contributed by atoms with Gasteiger partial charge in [-0.3, -0.25) is 0 Å². The lowest BCUT2D eigenvalue weighted by Crippen LogP contribution is -2.04. The van der Waals surface area contributed by atoms with Crippen molar-refractivity contribution < 1.29 is 18.3 Å². The molecule has 74 valence electrons. The third-order valence-corrected chi connectivity index (χ3v) is 1.21. The molecule has 13 heavy (non-hydrogen) atoms. The summed E-state index contributed by atoms with van der Waals surface area (Å²) >= 11 is 0. The largest absolute Gasteiger partial charge is 0.416 e. The Morgan fingerprint density at radius 2 is 1.77 bits per heavy atom. The summed E-state index contributed by atoms with van der Waals surface area (Å²) in [5.41, 5.74) is 4.57. The van der Waals surface area contributed by atoms with Gasteiger partial charge in [0.15, 0.2) is 0 Å². The number of nitrogen functional groups attached to an aromatic ring is 1. The van der Waals surface area contributed by atoms with Crippen molar-refractivity contribution in [3.63, 3.8) is 0 Å². The zero-order chi connectivity index (χ0) is 10.5. The second-order valence-corrected chi connectivity index (χ2v) is 2.12. The monoisotopic (exact) mass is 193 g/mol. The predicted molar refractivity (Wildman–Crippen MR) is 44.0 cm³/mol. The van der Waals surface area contributed by atoms with E-state index in [0.29, 0.717) is 0 Å². The number of aliphatic hydroxyl groups excluding tert-OH is 1. The second-order valence-electron chi connectivity index (χ2n) is 2.12. The van der Waals surface area contributed by atoms with E-state index in [1.54, 1.807) is 0 Å². The van der Waals surface area contributed by atoms with Crippen molar-refractivity contribution in [3.05, 3.63) is 29.8 Å².